The zero-order chi connectivity index (χ0) is 11.7. The summed E-state index contributed by atoms with van der Waals surface area (Å²) in [6, 6.07) is 5.95. The molecule has 1 aliphatic rings. The molecule has 6 nitrogen and oxygen atoms in total. The van der Waals surface area contributed by atoms with E-state index in [0.717, 1.165) is 23.0 Å². The topological polar surface area (TPSA) is 83.9 Å². The van der Waals surface area contributed by atoms with Crippen molar-refractivity contribution in [2.75, 3.05) is 0 Å². The van der Waals surface area contributed by atoms with Crippen molar-refractivity contribution in [2.24, 2.45) is 0 Å². The van der Waals surface area contributed by atoms with Crippen LogP contribution in [0, 0.1) is 0 Å². The molecule has 0 amide bonds. The Kier molecular flexibility index (Phi) is 2.62. The van der Waals surface area contributed by atoms with Crippen LogP contribution >= 0.6 is 0 Å². The number of benzene rings is 1. The van der Waals surface area contributed by atoms with E-state index in [9.17, 15) is 5.02 Å². The number of H-pyrrole nitrogens is 1. The van der Waals surface area contributed by atoms with Crippen LogP contribution in [-0.4, -0.2) is 32.8 Å². The van der Waals surface area contributed by atoms with E-state index in [4.69, 9.17) is 4.65 Å². The van der Waals surface area contributed by atoms with Crippen LogP contribution < -0.4 is 5.46 Å². The molecule has 3 rings (SSSR count). The fourth-order valence-electron chi connectivity index (χ4n) is 2.11. The van der Waals surface area contributed by atoms with Gasteiger partial charge in [-0.15, -0.1) is 10.2 Å². The molecule has 0 bridgehead atoms. The van der Waals surface area contributed by atoms with Crippen molar-refractivity contribution < 1.29 is 9.68 Å². The number of hydrogen-bond acceptors (Lipinski definition) is 5. The first kappa shape index (κ1) is 10.4. The van der Waals surface area contributed by atoms with Crippen molar-refractivity contribution in [2.45, 2.75) is 19.4 Å². The molecule has 0 saturated carbocycles. The van der Waals surface area contributed by atoms with Gasteiger partial charge < -0.3 is 9.68 Å². The number of hydrogen-bond donors (Lipinski definition) is 2. The van der Waals surface area contributed by atoms with E-state index in [1.54, 1.807) is 0 Å². The summed E-state index contributed by atoms with van der Waals surface area (Å²) in [5.41, 5.74) is 3.04. The predicted molar refractivity (Wildman–Crippen MR) is 60.4 cm³/mol. The average Bonchev–Trinajstić information content (AvgIpc) is 2.97. The number of rotatable bonds is 3. The number of nitrogens with zero attached hydrogens (tertiary/aromatic N) is 3. The molecule has 7 heteroatoms. The van der Waals surface area contributed by atoms with Gasteiger partial charge >= 0.3 is 7.12 Å². The molecule has 0 spiro atoms. The molecule has 2 N–H and O–H groups in total. The first-order valence-corrected chi connectivity index (χ1v) is 5.47. The van der Waals surface area contributed by atoms with Crippen molar-refractivity contribution in [3.63, 3.8) is 0 Å². The van der Waals surface area contributed by atoms with Gasteiger partial charge in [-0.05, 0) is 23.0 Å². The first-order valence-electron chi connectivity index (χ1n) is 5.47. The second-order valence-corrected chi connectivity index (χ2v) is 3.98. The van der Waals surface area contributed by atoms with Gasteiger partial charge in [0, 0.05) is 6.42 Å². The van der Waals surface area contributed by atoms with Crippen molar-refractivity contribution in [1.29, 1.82) is 0 Å². The van der Waals surface area contributed by atoms with E-state index in [2.05, 4.69) is 20.6 Å². The normalized spacial score (nSPS) is 14.1. The number of nitrogens with one attached hydrogen (secondary N) is 1. The Morgan fingerprint density at radius 2 is 2.35 bits per heavy atom. The van der Waals surface area contributed by atoms with Gasteiger partial charge in [0.25, 0.3) is 0 Å². The van der Waals surface area contributed by atoms with Crippen LogP contribution in [0.1, 0.15) is 17.0 Å². The van der Waals surface area contributed by atoms with Gasteiger partial charge in [-0.2, -0.15) is 5.21 Å². The summed E-state index contributed by atoms with van der Waals surface area (Å²) in [5, 5.41) is 23.5. The lowest BCUT2D eigenvalue weighted by molar-refractivity contribution is 0.275. The molecule has 1 aromatic heterocycles. The van der Waals surface area contributed by atoms with Crippen LogP contribution in [0.5, 0.6) is 0 Å². The van der Waals surface area contributed by atoms with Crippen molar-refractivity contribution in [3.05, 3.63) is 35.2 Å². The molecule has 0 unspecified atom stereocenters. The molecule has 1 aromatic carbocycles. The van der Waals surface area contributed by atoms with Crippen LogP contribution in [0.15, 0.2) is 18.2 Å². The zero-order valence-corrected chi connectivity index (χ0v) is 9.13. The van der Waals surface area contributed by atoms with Crippen molar-refractivity contribution in [3.8, 4) is 0 Å². The van der Waals surface area contributed by atoms with E-state index in [1.165, 1.54) is 0 Å². The molecule has 0 atom stereocenters. The Morgan fingerprint density at radius 3 is 3.18 bits per heavy atom. The molecule has 1 aliphatic heterocycles. The molecule has 2 aromatic rings. The fourth-order valence-corrected chi connectivity index (χ4v) is 2.11. The standard InChI is InChI=1S/C10H11BN4O2/c16-11-10-7(2-1-3-8(10)6-17-11)4-5-9-12-14-15-13-9/h1-3,16H,4-6H2,(H,12,13,14,15). The largest absolute Gasteiger partial charge is 0.492 e. The molecule has 86 valence electrons. The quantitative estimate of drug-likeness (QED) is 0.674. The molecule has 0 radical (unpaired) electrons. The van der Waals surface area contributed by atoms with Crippen molar-refractivity contribution in [1.82, 2.24) is 20.6 Å². The SMILES string of the molecule is OB1OCc2cccc(CCc3nn[nH]n3)c21. The van der Waals surface area contributed by atoms with Gasteiger partial charge in [-0.25, -0.2) is 0 Å². The van der Waals surface area contributed by atoms with Gasteiger partial charge in [-0.1, -0.05) is 23.4 Å². The minimum absolute atomic E-state index is 0.479. The van der Waals surface area contributed by atoms with Crippen LogP contribution in [0.25, 0.3) is 0 Å². The highest BCUT2D eigenvalue weighted by Crippen LogP contribution is 2.13. The summed E-state index contributed by atoms with van der Waals surface area (Å²) in [5.74, 6) is 0.677. The Hall–Kier alpha value is -1.73. The first-order chi connectivity index (χ1) is 8.34. The fraction of sp³-hybridized carbons (Fsp3) is 0.300. The maximum Gasteiger partial charge on any atom is 0.492 e. The summed E-state index contributed by atoms with van der Waals surface area (Å²) < 4.78 is 5.21. The highest BCUT2D eigenvalue weighted by atomic mass is 16.5. The lowest BCUT2D eigenvalue weighted by Crippen LogP contribution is -2.31. The molecular formula is C10H11BN4O2. The van der Waals surface area contributed by atoms with Gasteiger partial charge in [-0.3, -0.25) is 0 Å². The summed E-state index contributed by atoms with van der Waals surface area (Å²) in [6.07, 6.45) is 1.46. The molecule has 0 aliphatic carbocycles. The van der Waals surface area contributed by atoms with Crippen LogP contribution in [0.4, 0.5) is 0 Å². The smallest absolute Gasteiger partial charge is 0.423 e. The third kappa shape index (κ3) is 1.94. The third-order valence-electron chi connectivity index (χ3n) is 2.94. The summed E-state index contributed by atoms with van der Waals surface area (Å²) in [7, 11) is -0.800. The monoisotopic (exact) mass is 230 g/mol. The second-order valence-electron chi connectivity index (χ2n) is 3.98. The van der Waals surface area contributed by atoms with Crippen molar-refractivity contribution >= 4 is 12.6 Å². The van der Waals surface area contributed by atoms with E-state index < -0.39 is 7.12 Å². The lowest BCUT2D eigenvalue weighted by Gasteiger charge is -2.06. The predicted octanol–water partition coefficient (Wildman–Crippen LogP) is -0.797. The molecular weight excluding hydrogens is 219 g/mol. The van der Waals surface area contributed by atoms with Gasteiger partial charge in [0.2, 0.25) is 0 Å². The van der Waals surface area contributed by atoms with E-state index in [-0.39, 0.29) is 0 Å². The zero-order valence-electron chi connectivity index (χ0n) is 9.13. The van der Waals surface area contributed by atoms with E-state index in [0.29, 0.717) is 18.9 Å². The Balaban J connectivity index is 1.82. The highest BCUT2D eigenvalue weighted by Gasteiger charge is 2.29. The van der Waals surface area contributed by atoms with Crippen LogP contribution in [-0.2, 0) is 24.1 Å². The second kappa shape index (κ2) is 4.27. The number of aromatic amines is 1. The molecule has 0 fully saturated rings. The van der Waals surface area contributed by atoms with E-state index in [1.807, 2.05) is 18.2 Å². The number of aryl methyl sites for hydroxylation is 2. The summed E-state index contributed by atoms with van der Waals surface area (Å²) >= 11 is 0. The maximum absolute atomic E-state index is 9.75. The number of aromatic nitrogens is 4. The van der Waals surface area contributed by atoms with Crippen LogP contribution in [0.3, 0.4) is 0 Å². The van der Waals surface area contributed by atoms with Gasteiger partial charge in [0.1, 0.15) is 0 Å². The summed E-state index contributed by atoms with van der Waals surface area (Å²) in [6.45, 7) is 0.479. The Morgan fingerprint density at radius 1 is 1.41 bits per heavy atom. The lowest BCUT2D eigenvalue weighted by atomic mass is 9.75. The highest BCUT2D eigenvalue weighted by molar-refractivity contribution is 6.62. The average molecular weight is 230 g/mol. The number of fused-ring (bicyclic) bond motifs is 1. The third-order valence-corrected chi connectivity index (χ3v) is 2.94. The summed E-state index contributed by atoms with van der Waals surface area (Å²) in [4.78, 5) is 0. The Labute approximate surface area is 98.2 Å². The Bertz CT molecular complexity index is 517. The van der Waals surface area contributed by atoms with Crippen LogP contribution in [0.2, 0.25) is 0 Å². The molecule has 2 heterocycles. The molecule has 17 heavy (non-hydrogen) atoms. The maximum atomic E-state index is 9.75. The van der Waals surface area contributed by atoms with E-state index >= 15 is 0 Å². The van der Waals surface area contributed by atoms with Gasteiger partial charge in [0.05, 0.1) is 6.61 Å². The minimum atomic E-state index is -0.800. The minimum Gasteiger partial charge on any atom is -0.423 e. The molecule has 0 saturated heterocycles. The van der Waals surface area contributed by atoms with Gasteiger partial charge in [0.15, 0.2) is 5.82 Å². The number of tetrazole rings is 1.